The topological polar surface area (TPSA) is 24.5 Å². The maximum absolute atomic E-state index is 4.96. The van der Waals surface area contributed by atoms with E-state index in [-0.39, 0.29) is 0 Å². The van der Waals surface area contributed by atoms with E-state index in [2.05, 4.69) is 24.1 Å². The fraction of sp³-hybridized carbons (Fsp3) is 1.00. The first kappa shape index (κ1) is 11.0. The fourth-order valence-corrected chi connectivity index (χ4v) is 1.64. The average Bonchev–Trinajstić information content (AvgIpc) is 2.00. The van der Waals surface area contributed by atoms with Crippen molar-refractivity contribution in [3.63, 3.8) is 0 Å². The van der Waals surface area contributed by atoms with Crippen LogP contribution in [0.5, 0.6) is 0 Å². The highest BCUT2D eigenvalue weighted by atomic mass is 16.5. The standard InChI is InChI=1S/C10H22N2O/c1-9(2)12-7-10(8-12)6-11-4-5-13-3/h9-11H,4-8H2,1-3H3. The summed E-state index contributed by atoms with van der Waals surface area (Å²) in [5.41, 5.74) is 0. The first-order valence-electron chi connectivity index (χ1n) is 5.17. The molecule has 0 aromatic carbocycles. The minimum atomic E-state index is 0.718. The van der Waals surface area contributed by atoms with Gasteiger partial charge in [-0.15, -0.1) is 0 Å². The highest BCUT2D eigenvalue weighted by molar-refractivity contribution is 4.83. The van der Waals surface area contributed by atoms with Crippen molar-refractivity contribution >= 4 is 0 Å². The van der Waals surface area contributed by atoms with E-state index in [1.165, 1.54) is 13.1 Å². The lowest BCUT2D eigenvalue weighted by atomic mass is 9.98. The largest absolute Gasteiger partial charge is 0.383 e. The molecule has 1 fully saturated rings. The molecule has 0 atom stereocenters. The first-order chi connectivity index (χ1) is 6.24. The Kier molecular flexibility index (Phi) is 4.70. The molecule has 0 aromatic heterocycles. The van der Waals surface area contributed by atoms with E-state index < -0.39 is 0 Å². The molecule has 0 spiro atoms. The van der Waals surface area contributed by atoms with Crippen LogP contribution in [0.2, 0.25) is 0 Å². The van der Waals surface area contributed by atoms with Gasteiger partial charge in [-0.1, -0.05) is 0 Å². The van der Waals surface area contributed by atoms with Crippen molar-refractivity contribution < 1.29 is 4.74 Å². The zero-order chi connectivity index (χ0) is 9.68. The van der Waals surface area contributed by atoms with Crippen LogP contribution in [-0.4, -0.2) is 50.8 Å². The minimum absolute atomic E-state index is 0.718. The highest BCUT2D eigenvalue weighted by Crippen LogP contribution is 2.16. The smallest absolute Gasteiger partial charge is 0.0587 e. The normalized spacial score (nSPS) is 19.4. The van der Waals surface area contributed by atoms with Crippen molar-refractivity contribution in [2.24, 2.45) is 5.92 Å². The van der Waals surface area contributed by atoms with Gasteiger partial charge in [0, 0.05) is 39.3 Å². The second kappa shape index (κ2) is 5.58. The number of ether oxygens (including phenoxy) is 1. The van der Waals surface area contributed by atoms with Crippen LogP contribution in [0.25, 0.3) is 0 Å². The molecule has 3 heteroatoms. The van der Waals surface area contributed by atoms with Crippen molar-refractivity contribution in [1.29, 1.82) is 0 Å². The van der Waals surface area contributed by atoms with E-state index in [4.69, 9.17) is 4.74 Å². The van der Waals surface area contributed by atoms with Gasteiger partial charge in [0.05, 0.1) is 6.61 Å². The number of hydrogen-bond donors (Lipinski definition) is 1. The summed E-state index contributed by atoms with van der Waals surface area (Å²) in [7, 11) is 1.74. The van der Waals surface area contributed by atoms with Gasteiger partial charge in [0.25, 0.3) is 0 Å². The molecule has 1 N–H and O–H groups in total. The lowest BCUT2D eigenvalue weighted by Gasteiger charge is -2.42. The van der Waals surface area contributed by atoms with Gasteiger partial charge in [0.1, 0.15) is 0 Å². The molecule has 0 amide bonds. The lowest BCUT2D eigenvalue weighted by Crippen LogP contribution is -2.53. The minimum Gasteiger partial charge on any atom is -0.383 e. The van der Waals surface area contributed by atoms with E-state index in [0.29, 0.717) is 0 Å². The molecule has 0 bridgehead atoms. The van der Waals surface area contributed by atoms with Gasteiger partial charge in [0.15, 0.2) is 0 Å². The summed E-state index contributed by atoms with van der Waals surface area (Å²) >= 11 is 0. The van der Waals surface area contributed by atoms with E-state index in [0.717, 1.165) is 31.7 Å². The van der Waals surface area contributed by atoms with E-state index >= 15 is 0 Å². The number of likely N-dealkylation sites (tertiary alicyclic amines) is 1. The van der Waals surface area contributed by atoms with E-state index in [1.54, 1.807) is 7.11 Å². The quantitative estimate of drug-likeness (QED) is 0.614. The third-order valence-corrected chi connectivity index (χ3v) is 2.63. The molecule has 1 rings (SSSR count). The summed E-state index contributed by atoms with van der Waals surface area (Å²) in [6, 6.07) is 0.718. The highest BCUT2D eigenvalue weighted by Gasteiger charge is 2.27. The number of nitrogens with zero attached hydrogens (tertiary/aromatic N) is 1. The van der Waals surface area contributed by atoms with Gasteiger partial charge >= 0.3 is 0 Å². The molecule has 0 aliphatic carbocycles. The molecule has 1 aliphatic rings. The molecule has 1 saturated heterocycles. The van der Waals surface area contributed by atoms with Crippen molar-refractivity contribution in [2.45, 2.75) is 19.9 Å². The molecule has 1 aliphatic heterocycles. The van der Waals surface area contributed by atoms with Gasteiger partial charge < -0.3 is 15.0 Å². The van der Waals surface area contributed by atoms with Crippen LogP contribution in [0.15, 0.2) is 0 Å². The van der Waals surface area contributed by atoms with Crippen LogP contribution in [0, 0.1) is 5.92 Å². The molecule has 13 heavy (non-hydrogen) atoms. The zero-order valence-corrected chi connectivity index (χ0v) is 9.05. The molecular weight excluding hydrogens is 164 g/mol. The number of methoxy groups -OCH3 is 1. The summed E-state index contributed by atoms with van der Waals surface area (Å²) in [4.78, 5) is 2.50. The van der Waals surface area contributed by atoms with Crippen LogP contribution < -0.4 is 5.32 Å². The Labute approximate surface area is 81.4 Å². The van der Waals surface area contributed by atoms with Gasteiger partial charge in [-0.3, -0.25) is 0 Å². The van der Waals surface area contributed by atoms with Crippen LogP contribution in [0.1, 0.15) is 13.8 Å². The molecular formula is C10H22N2O. The van der Waals surface area contributed by atoms with Crippen molar-refractivity contribution in [3.8, 4) is 0 Å². The molecule has 0 radical (unpaired) electrons. The van der Waals surface area contributed by atoms with Gasteiger partial charge in [-0.05, 0) is 19.8 Å². The molecule has 1 heterocycles. The summed E-state index contributed by atoms with van der Waals surface area (Å²) in [6.45, 7) is 9.99. The fourth-order valence-electron chi connectivity index (χ4n) is 1.64. The third kappa shape index (κ3) is 3.63. The lowest BCUT2D eigenvalue weighted by molar-refractivity contribution is 0.0664. The maximum Gasteiger partial charge on any atom is 0.0587 e. The SMILES string of the molecule is COCCNCC1CN(C(C)C)C1. The Hall–Kier alpha value is -0.120. The number of hydrogen-bond acceptors (Lipinski definition) is 3. The van der Waals surface area contributed by atoms with Crippen LogP contribution >= 0.6 is 0 Å². The zero-order valence-electron chi connectivity index (χ0n) is 9.05. The maximum atomic E-state index is 4.96. The molecule has 78 valence electrons. The Morgan fingerprint density at radius 3 is 2.69 bits per heavy atom. The molecule has 0 aromatic rings. The average molecular weight is 186 g/mol. The van der Waals surface area contributed by atoms with E-state index in [9.17, 15) is 0 Å². The summed E-state index contributed by atoms with van der Waals surface area (Å²) in [5.74, 6) is 0.860. The van der Waals surface area contributed by atoms with Gasteiger partial charge in [-0.2, -0.15) is 0 Å². The van der Waals surface area contributed by atoms with Crippen molar-refractivity contribution in [1.82, 2.24) is 10.2 Å². The Bertz CT molecular complexity index is 133. The molecule has 0 saturated carbocycles. The van der Waals surface area contributed by atoms with Crippen LogP contribution in [0.3, 0.4) is 0 Å². The van der Waals surface area contributed by atoms with E-state index in [1.807, 2.05) is 0 Å². The molecule has 0 unspecified atom stereocenters. The number of nitrogens with one attached hydrogen (secondary N) is 1. The van der Waals surface area contributed by atoms with Gasteiger partial charge in [-0.25, -0.2) is 0 Å². The predicted octanol–water partition coefficient (Wildman–Crippen LogP) is 0.563. The van der Waals surface area contributed by atoms with Crippen molar-refractivity contribution in [3.05, 3.63) is 0 Å². The van der Waals surface area contributed by atoms with Gasteiger partial charge in [0.2, 0.25) is 0 Å². The Balaban J connectivity index is 1.90. The second-order valence-electron chi connectivity index (χ2n) is 4.11. The summed E-state index contributed by atoms with van der Waals surface area (Å²) < 4.78 is 4.96. The van der Waals surface area contributed by atoms with Crippen LogP contribution in [-0.2, 0) is 4.74 Å². The Morgan fingerprint density at radius 1 is 1.46 bits per heavy atom. The van der Waals surface area contributed by atoms with Crippen molar-refractivity contribution in [2.75, 3.05) is 39.9 Å². The predicted molar refractivity (Wildman–Crippen MR) is 54.9 cm³/mol. The third-order valence-electron chi connectivity index (χ3n) is 2.63. The summed E-state index contributed by atoms with van der Waals surface area (Å²) in [6.07, 6.45) is 0. The van der Waals surface area contributed by atoms with Crippen LogP contribution in [0.4, 0.5) is 0 Å². The Morgan fingerprint density at radius 2 is 2.15 bits per heavy atom. The first-order valence-corrected chi connectivity index (χ1v) is 5.17. The monoisotopic (exact) mass is 186 g/mol. The molecule has 3 nitrogen and oxygen atoms in total. The summed E-state index contributed by atoms with van der Waals surface area (Å²) in [5, 5.41) is 3.40. The number of rotatable bonds is 6. The second-order valence-corrected chi connectivity index (χ2v) is 4.11.